The number of rotatable bonds is 3. The van der Waals surface area contributed by atoms with Gasteiger partial charge in [0.1, 0.15) is 5.82 Å². The van der Waals surface area contributed by atoms with Crippen molar-refractivity contribution < 1.29 is 0 Å². The minimum absolute atomic E-state index is 0.840. The molecule has 5 aromatic heterocycles. The van der Waals surface area contributed by atoms with Gasteiger partial charge < -0.3 is 0 Å². The van der Waals surface area contributed by atoms with Crippen molar-refractivity contribution in [3.8, 4) is 17.2 Å². The highest BCUT2D eigenvalue weighted by Crippen LogP contribution is 2.38. The van der Waals surface area contributed by atoms with Crippen molar-refractivity contribution >= 4 is 54.5 Å². The lowest BCUT2D eigenvalue weighted by molar-refractivity contribution is 0.639. The minimum Gasteiger partial charge on any atom is -0.294 e. The Bertz CT molecular complexity index is 2430. The molecule has 9 rings (SSSR count). The van der Waals surface area contributed by atoms with E-state index in [4.69, 9.17) is 10.1 Å². The number of fused-ring (bicyclic) bond motifs is 7. The molecule has 6 heteroatoms. The summed E-state index contributed by atoms with van der Waals surface area (Å²) in [7, 11) is 0. The number of aromatic nitrogens is 6. The molecule has 4 aromatic carbocycles. The summed E-state index contributed by atoms with van der Waals surface area (Å²) in [6.07, 6.45) is 3.73. The van der Waals surface area contributed by atoms with E-state index in [-0.39, 0.29) is 0 Å². The molecule has 192 valence electrons. The van der Waals surface area contributed by atoms with E-state index in [1.54, 1.807) is 6.20 Å². The van der Waals surface area contributed by atoms with Gasteiger partial charge in [0, 0.05) is 33.1 Å². The number of benzene rings is 4. The van der Waals surface area contributed by atoms with Gasteiger partial charge in [0.05, 0.1) is 45.2 Å². The molecule has 6 nitrogen and oxygen atoms in total. The zero-order valence-electron chi connectivity index (χ0n) is 21.9. The van der Waals surface area contributed by atoms with Crippen molar-refractivity contribution in [1.82, 2.24) is 29.1 Å². The Balaban J connectivity index is 1.41. The van der Waals surface area contributed by atoms with Gasteiger partial charge >= 0.3 is 0 Å². The van der Waals surface area contributed by atoms with Gasteiger partial charge in [-0.15, -0.1) is 0 Å². The molecule has 0 bridgehead atoms. The van der Waals surface area contributed by atoms with Crippen LogP contribution in [0.25, 0.3) is 71.7 Å². The predicted molar refractivity (Wildman–Crippen MR) is 165 cm³/mol. The van der Waals surface area contributed by atoms with Gasteiger partial charge in [-0.05, 0) is 54.6 Å². The van der Waals surface area contributed by atoms with E-state index in [0.717, 1.165) is 50.2 Å². The summed E-state index contributed by atoms with van der Waals surface area (Å²) in [5.74, 6) is 0.853. The lowest BCUT2D eigenvalue weighted by Gasteiger charge is -2.11. The van der Waals surface area contributed by atoms with Gasteiger partial charge in [-0.25, -0.2) is 9.66 Å². The summed E-state index contributed by atoms with van der Waals surface area (Å²) < 4.78 is 4.49. The van der Waals surface area contributed by atoms with Crippen molar-refractivity contribution in [2.75, 3.05) is 0 Å². The largest absolute Gasteiger partial charge is 0.294 e. The highest BCUT2D eigenvalue weighted by atomic mass is 15.6. The van der Waals surface area contributed by atoms with Gasteiger partial charge in [0.2, 0.25) is 0 Å². The molecule has 9 aromatic rings. The maximum absolute atomic E-state index is 5.10. The lowest BCUT2D eigenvalue weighted by Crippen LogP contribution is -2.10. The topological polar surface area (TPSA) is 53.5 Å². The van der Waals surface area contributed by atoms with Gasteiger partial charge in [-0.3, -0.25) is 9.55 Å². The standard InChI is InChI=1S/C35H22N6/c1-4-15-30-23(10-1)22-37-41(30)40-32-17-6-3-12-25(32)27-20-26-24-11-2-5-16-31(24)39(33(26)21-34(27)40)35-18-9-14-29(38-35)28-13-7-8-19-36-28/h1-22H. The van der Waals surface area contributed by atoms with E-state index in [0.29, 0.717) is 0 Å². The van der Waals surface area contributed by atoms with E-state index in [1.165, 1.54) is 21.5 Å². The van der Waals surface area contributed by atoms with Crippen molar-refractivity contribution in [2.45, 2.75) is 0 Å². The second-order valence-electron chi connectivity index (χ2n) is 10.3. The lowest BCUT2D eigenvalue weighted by atomic mass is 10.1. The Hall–Kier alpha value is -5.75. The molecule has 0 aliphatic carbocycles. The summed E-state index contributed by atoms with van der Waals surface area (Å²) >= 11 is 0. The Morgan fingerprint density at radius 1 is 0.488 bits per heavy atom. The molecular formula is C35H22N6. The van der Waals surface area contributed by atoms with Crippen LogP contribution in [0.2, 0.25) is 0 Å². The van der Waals surface area contributed by atoms with Crippen molar-refractivity contribution in [3.63, 3.8) is 0 Å². The van der Waals surface area contributed by atoms with Crippen LogP contribution in [0.3, 0.4) is 0 Å². The second-order valence-corrected chi connectivity index (χ2v) is 10.3. The first kappa shape index (κ1) is 22.1. The molecule has 0 fully saturated rings. The number of hydrogen-bond acceptors (Lipinski definition) is 3. The quantitative estimate of drug-likeness (QED) is 0.234. The average Bonchev–Trinajstić information content (AvgIpc) is 3.70. The first-order valence-electron chi connectivity index (χ1n) is 13.6. The van der Waals surface area contributed by atoms with Crippen molar-refractivity contribution in [2.24, 2.45) is 0 Å². The third-order valence-corrected chi connectivity index (χ3v) is 7.98. The van der Waals surface area contributed by atoms with Crippen LogP contribution < -0.4 is 0 Å². The Morgan fingerprint density at radius 3 is 2.05 bits per heavy atom. The molecule has 0 amide bonds. The summed E-state index contributed by atoms with van der Waals surface area (Å²) in [6, 6.07) is 42.1. The van der Waals surface area contributed by atoms with Gasteiger partial charge in [-0.2, -0.15) is 9.89 Å². The summed E-state index contributed by atoms with van der Waals surface area (Å²) in [4.78, 5) is 11.7. The third-order valence-electron chi connectivity index (χ3n) is 7.98. The van der Waals surface area contributed by atoms with Crippen molar-refractivity contribution in [1.29, 1.82) is 0 Å². The van der Waals surface area contributed by atoms with E-state index < -0.39 is 0 Å². The predicted octanol–water partition coefficient (Wildman–Crippen LogP) is 8.01. The number of nitrogens with zero attached hydrogens (tertiary/aromatic N) is 6. The van der Waals surface area contributed by atoms with Crippen LogP contribution in [-0.2, 0) is 0 Å². The first-order chi connectivity index (χ1) is 20.3. The molecule has 0 aliphatic rings. The monoisotopic (exact) mass is 526 g/mol. The normalized spacial score (nSPS) is 11.9. The van der Waals surface area contributed by atoms with Gasteiger partial charge in [0.15, 0.2) is 0 Å². The van der Waals surface area contributed by atoms with Gasteiger partial charge in [-0.1, -0.05) is 66.7 Å². The highest BCUT2D eigenvalue weighted by Gasteiger charge is 2.20. The summed E-state index contributed by atoms with van der Waals surface area (Å²) in [5, 5.41) is 10.7. The summed E-state index contributed by atoms with van der Waals surface area (Å²) in [5.41, 5.74) is 7.13. The molecule has 0 aliphatic heterocycles. The Morgan fingerprint density at radius 2 is 1.20 bits per heavy atom. The van der Waals surface area contributed by atoms with Crippen LogP contribution >= 0.6 is 0 Å². The summed E-state index contributed by atoms with van der Waals surface area (Å²) in [6.45, 7) is 0. The maximum atomic E-state index is 5.10. The third kappa shape index (κ3) is 3.16. The maximum Gasteiger partial charge on any atom is 0.138 e. The molecule has 0 saturated carbocycles. The number of hydrogen-bond donors (Lipinski definition) is 0. The fourth-order valence-corrected chi connectivity index (χ4v) is 6.18. The zero-order chi connectivity index (χ0) is 26.9. The number of para-hydroxylation sites is 3. The van der Waals surface area contributed by atoms with E-state index in [2.05, 4.69) is 105 Å². The van der Waals surface area contributed by atoms with Crippen LogP contribution in [0.1, 0.15) is 0 Å². The second kappa shape index (κ2) is 8.37. The Labute approximate surface area is 234 Å². The number of pyridine rings is 2. The fraction of sp³-hybridized carbons (Fsp3) is 0. The molecule has 0 saturated heterocycles. The molecule has 0 N–H and O–H groups in total. The highest BCUT2D eigenvalue weighted by molar-refractivity contribution is 6.18. The van der Waals surface area contributed by atoms with E-state index in [9.17, 15) is 0 Å². The molecule has 0 spiro atoms. The van der Waals surface area contributed by atoms with E-state index in [1.807, 2.05) is 41.3 Å². The van der Waals surface area contributed by atoms with E-state index >= 15 is 0 Å². The van der Waals surface area contributed by atoms with Crippen LogP contribution in [0.15, 0.2) is 134 Å². The van der Waals surface area contributed by atoms with Gasteiger partial charge in [0.25, 0.3) is 0 Å². The zero-order valence-corrected chi connectivity index (χ0v) is 21.9. The SMILES string of the molecule is c1ccc(-c2cccc(-n3c4ccccc4c4cc5c6ccccc6n(-n6ncc7ccccc76)c5cc43)n2)nc1. The molecular weight excluding hydrogens is 504 g/mol. The fourth-order valence-electron chi connectivity index (χ4n) is 6.18. The molecule has 5 heterocycles. The Kier molecular flexibility index (Phi) is 4.51. The minimum atomic E-state index is 0.840. The van der Waals surface area contributed by atoms with Crippen LogP contribution in [0, 0.1) is 0 Å². The molecule has 0 unspecified atom stereocenters. The van der Waals surface area contributed by atoms with Crippen LogP contribution in [0.4, 0.5) is 0 Å². The molecule has 0 atom stereocenters. The smallest absolute Gasteiger partial charge is 0.138 e. The first-order valence-corrected chi connectivity index (χ1v) is 13.6. The average molecular weight is 527 g/mol. The molecule has 0 radical (unpaired) electrons. The van der Waals surface area contributed by atoms with Crippen molar-refractivity contribution in [3.05, 3.63) is 134 Å². The van der Waals surface area contributed by atoms with Crippen LogP contribution in [0.5, 0.6) is 0 Å². The van der Waals surface area contributed by atoms with Crippen LogP contribution in [-0.4, -0.2) is 29.1 Å². The molecule has 41 heavy (non-hydrogen) atoms.